The molecule has 132 valence electrons. The second-order valence-electron chi connectivity index (χ2n) is 6.67. The Bertz CT molecular complexity index is 228. The molecule has 0 heterocycles. The average Bonchev–Trinajstić information content (AvgIpc) is 2.53. The van der Waals surface area contributed by atoms with Crippen LogP contribution in [0.1, 0.15) is 111 Å². The van der Waals surface area contributed by atoms with Gasteiger partial charge >= 0.3 is 0 Å². The summed E-state index contributed by atoms with van der Waals surface area (Å²) >= 11 is 0. The Kier molecular flexibility index (Phi) is 16.4. The standard InChI is InChI=1S/C20H41NO/c1-4-7-10-13-14-17-20(22)21(18-15-11-8-5-2)19-16-12-9-6-3/h4-19H2,1-3H3. The van der Waals surface area contributed by atoms with Crippen LogP contribution in [0.5, 0.6) is 0 Å². The first-order valence-corrected chi connectivity index (χ1v) is 10.0. The van der Waals surface area contributed by atoms with Gasteiger partial charge in [0.2, 0.25) is 5.91 Å². The molecular formula is C20H41NO. The zero-order chi connectivity index (χ0) is 16.5. The molecule has 0 aromatic carbocycles. The average molecular weight is 312 g/mol. The third-order valence-corrected chi connectivity index (χ3v) is 4.41. The van der Waals surface area contributed by atoms with Crippen molar-refractivity contribution in [3.05, 3.63) is 0 Å². The monoisotopic (exact) mass is 311 g/mol. The molecule has 0 aromatic heterocycles. The van der Waals surface area contributed by atoms with Gasteiger partial charge in [-0.15, -0.1) is 0 Å². The molecule has 0 saturated carbocycles. The lowest BCUT2D eigenvalue weighted by atomic mass is 10.1. The number of hydrogen-bond acceptors (Lipinski definition) is 1. The molecule has 0 fully saturated rings. The van der Waals surface area contributed by atoms with Crippen molar-refractivity contribution >= 4 is 5.91 Å². The van der Waals surface area contributed by atoms with Crippen LogP contribution in [-0.2, 0) is 4.79 Å². The summed E-state index contributed by atoms with van der Waals surface area (Å²) in [5.41, 5.74) is 0. The highest BCUT2D eigenvalue weighted by Crippen LogP contribution is 2.10. The van der Waals surface area contributed by atoms with Crippen LogP contribution in [0.15, 0.2) is 0 Å². The molecule has 1 amide bonds. The third-order valence-electron chi connectivity index (χ3n) is 4.41. The van der Waals surface area contributed by atoms with Gasteiger partial charge in [-0.25, -0.2) is 0 Å². The molecule has 0 bridgehead atoms. The highest BCUT2D eigenvalue weighted by Gasteiger charge is 2.12. The first kappa shape index (κ1) is 21.5. The maximum Gasteiger partial charge on any atom is 0.222 e. The van der Waals surface area contributed by atoms with Crippen LogP contribution in [0, 0.1) is 0 Å². The van der Waals surface area contributed by atoms with E-state index in [1.807, 2.05) is 0 Å². The van der Waals surface area contributed by atoms with E-state index in [4.69, 9.17) is 0 Å². The number of carbonyl (C=O) groups is 1. The number of rotatable bonds is 16. The first-order chi connectivity index (χ1) is 10.8. The number of hydrogen-bond donors (Lipinski definition) is 0. The Morgan fingerprint density at radius 3 is 1.45 bits per heavy atom. The minimum absolute atomic E-state index is 0.407. The molecule has 0 unspecified atom stereocenters. The summed E-state index contributed by atoms with van der Waals surface area (Å²) in [6.07, 6.45) is 17.0. The van der Waals surface area contributed by atoms with Gasteiger partial charge in [0, 0.05) is 19.5 Å². The molecule has 0 saturated heterocycles. The van der Waals surface area contributed by atoms with E-state index in [0.717, 1.165) is 25.9 Å². The maximum absolute atomic E-state index is 12.4. The quantitative estimate of drug-likeness (QED) is 0.305. The summed E-state index contributed by atoms with van der Waals surface area (Å²) in [4.78, 5) is 14.6. The highest BCUT2D eigenvalue weighted by atomic mass is 16.2. The second-order valence-corrected chi connectivity index (χ2v) is 6.67. The molecule has 0 spiro atoms. The lowest BCUT2D eigenvalue weighted by molar-refractivity contribution is -0.131. The normalized spacial score (nSPS) is 10.9. The fourth-order valence-corrected chi connectivity index (χ4v) is 2.86. The Labute approximate surface area is 140 Å². The van der Waals surface area contributed by atoms with Gasteiger partial charge in [-0.2, -0.15) is 0 Å². The number of nitrogens with zero attached hydrogens (tertiary/aromatic N) is 1. The largest absolute Gasteiger partial charge is 0.343 e. The van der Waals surface area contributed by atoms with E-state index in [0.29, 0.717) is 5.91 Å². The van der Waals surface area contributed by atoms with Crippen molar-refractivity contribution in [2.75, 3.05) is 13.1 Å². The molecule has 2 heteroatoms. The van der Waals surface area contributed by atoms with Gasteiger partial charge in [0.05, 0.1) is 0 Å². The Morgan fingerprint density at radius 1 is 0.591 bits per heavy atom. The minimum atomic E-state index is 0.407. The Morgan fingerprint density at radius 2 is 1.00 bits per heavy atom. The van der Waals surface area contributed by atoms with Crippen LogP contribution < -0.4 is 0 Å². The molecule has 0 radical (unpaired) electrons. The summed E-state index contributed by atoms with van der Waals surface area (Å²) in [5.74, 6) is 0.407. The second kappa shape index (κ2) is 16.8. The van der Waals surface area contributed by atoms with E-state index in [1.54, 1.807) is 0 Å². The molecular weight excluding hydrogens is 270 g/mol. The predicted molar refractivity (Wildman–Crippen MR) is 98.2 cm³/mol. The predicted octanol–water partition coefficient (Wildman–Crippen LogP) is 6.34. The van der Waals surface area contributed by atoms with Crippen molar-refractivity contribution in [3.8, 4) is 0 Å². The summed E-state index contributed by atoms with van der Waals surface area (Å²) in [7, 11) is 0. The van der Waals surface area contributed by atoms with E-state index >= 15 is 0 Å². The van der Waals surface area contributed by atoms with E-state index < -0.39 is 0 Å². The molecule has 0 aromatic rings. The van der Waals surface area contributed by atoms with Crippen LogP contribution in [0.4, 0.5) is 0 Å². The highest BCUT2D eigenvalue weighted by molar-refractivity contribution is 5.76. The molecule has 22 heavy (non-hydrogen) atoms. The number of carbonyl (C=O) groups excluding carboxylic acids is 1. The maximum atomic E-state index is 12.4. The van der Waals surface area contributed by atoms with Crippen LogP contribution >= 0.6 is 0 Å². The molecule has 0 N–H and O–H groups in total. The molecule has 0 aliphatic rings. The minimum Gasteiger partial charge on any atom is -0.343 e. The summed E-state index contributed by atoms with van der Waals surface area (Å²) in [6.45, 7) is 8.69. The topological polar surface area (TPSA) is 20.3 Å². The van der Waals surface area contributed by atoms with Crippen molar-refractivity contribution in [2.45, 2.75) is 111 Å². The van der Waals surface area contributed by atoms with Gasteiger partial charge in [0.25, 0.3) is 0 Å². The Hall–Kier alpha value is -0.530. The van der Waals surface area contributed by atoms with Gasteiger partial charge in [0.1, 0.15) is 0 Å². The van der Waals surface area contributed by atoms with Crippen LogP contribution in [-0.4, -0.2) is 23.9 Å². The molecule has 0 rings (SSSR count). The zero-order valence-corrected chi connectivity index (χ0v) is 15.7. The smallest absolute Gasteiger partial charge is 0.222 e. The van der Waals surface area contributed by atoms with Crippen molar-refractivity contribution in [1.82, 2.24) is 4.90 Å². The van der Waals surface area contributed by atoms with Gasteiger partial charge in [-0.05, 0) is 19.3 Å². The van der Waals surface area contributed by atoms with Gasteiger partial charge in [0.15, 0.2) is 0 Å². The van der Waals surface area contributed by atoms with Crippen molar-refractivity contribution in [2.24, 2.45) is 0 Å². The molecule has 2 nitrogen and oxygen atoms in total. The summed E-state index contributed by atoms with van der Waals surface area (Å²) in [5, 5.41) is 0. The van der Waals surface area contributed by atoms with Crippen molar-refractivity contribution in [3.63, 3.8) is 0 Å². The summed E-state index contributed by atoms with van der Waals surface area (Å²) < 4.78 is 0. The fourth-order valence-electron chi connectivity index (χ4n) is 2.86. The fraction of sp³-hybridized carbons (Fsp3) is 0.950. The van der Waals surface area contributed by atoms with E-state index in [1.165, 1.54) is 77.0 Å². The van der Waals surface area contributed by atoms with Crippen LogP contribution in [0.25, 0.3) is 0 Å². The molecule has 0 aliphatic heterocycles. The van der Waals surface area contributed by atoms with Crippen LogP contribution in [0.3, 0.4) is 0 Å². The van der Waals surface area contributed by atoms with Gasteiger partial charge in [-0.3, -0.25) is 4.79 Å². The molecule has 0 aliphatic carbocycles. The zero-order valence-electron chi connectivity index (χ0n) is 15.7. The third kappa shape index (κ3) is 13.2. The number of amides is 1. The van der Waals surface area contributed by atoms with E-state index in [2.05, 4.69) is 25.7 Å². The lowest BCUT2D eigenvalue weighted by Crippen LogP contribution is -2.32. The lowest BCUT2D eigenvalue weighted by Gasteiger charge is -2.23. The van der Waals surface area contributed by atoms with E-state index in [-0.39, 0.29) is 0 Å². The van der Waals surface area contributed by atoms with Gasteiger partial charge < -0.3 is 4.90 Å². The first-order valence-electron chi connectivity index (χ1n) is 10.0. The van der Waals surface area contributed by atoms with Gasteiger partial charge in [-0.1, -0.05) is 85.0 Å². The van der Waals surface area contributed by atoms with Crippen molar-refractivity contribution in [1.29, 1.82) is 0 Å². The summed E-state index contributed by atoms with van der Waals surface area (Å²) in [6, 6.07) is 0. The SMILES string of the molecule is CCCCCCCC(=O)N(CCCCCC)CCCCCC. The van der Waals surface area contributed by atoms with Crippen molar-refractivity contribution < 1.29 is 4.79 Å². The van der Waals surface area contributed by atoms with E-state index in [9.17, 15) is 4.79 Å². The molecule has 0 atom stereocenters. The van der Waals surface area contributed by atoms with Crippen LogP contribution in [0.2, 0.25) is 0 Å². The Balaban J connectivity index is 3.97. The number of unbranched alkanes of at least 4 members (excludes halogenated alkanes) is 10.